The standard InChI is InChI=1S/C52H48N2/c1-37-7-23-47(24-8-37)53(48-25-9-38(2)10-26-48)51-31-17-43(18-32-51)15-21-45-36-46(42(6)35-41(45)5)22-16-44-19-33-52(34-20-44)54(49-27-11-39(3)12-28-49)50-29-13-40(4)14-30-50/h7-36H,1-6H3/b21-15+,22-16+. The van der Waals surface area contributed by atoms with E-state index >= 15 is 0 Å². The molecule has 54 heavy (non-hydrogen) atoms. The van der Waals surface area contributed by atoms with Crippen LogP contribution in [0.25, 0.3) is 24.3 Å². The lowest BCUT2D eigenvalue weighted by Gasteiger charge is -2.26. The maximum absolute atomic E-state index is 2.31. The van der Waals surface area contributed by atoms with Gasteiger partial charge in [0.15, 0.2) is 0 Å². The molecule has 266 valence electrons. The number of anilines is 6. The summed E-state index contributed by atoms with van der Waals surface area (Å²) in [6.45, 7) is 12.9. The Morgan fingerprint density at radius 3 is 0.778 bits per heavy atom. The van der Waals surface area contributed by atoms with Gasteiger partial charge in [-0.3, -0.25) is 0 Å². The van der Waals surface area contributed by atoms with Gasteiger partial charge in [0.25, 0.3) is 0 Å². The maximum Gasteiger partial charge on any atom is 0.0462 e. The number of rotatable bonds is 10. The monoisotopic (exact) mass is 700 g/mol. The molecule has 0 saturated heterocycles. The molecule has 7 rings (SSSR count). The summed E-state index contributed by atoms with van der Waals surface area (Å²) in [5.41, 5.74) is 19.1. The molecule has 0 amide bonds. The van der Waals surface area contributed by atoms with Crippen LogP contribution in [0.5, 0.6) is 0 Å². The van der Waals surface area contributed by atoms with Crippen LogP contribution in [0.4, 0.5) is 34.1 Å². The third-order valence-electron chi connectivity index (χ3n) is 10.0. The van der Waals surface area contributed by atoms with E-state index in [0.29, 0.717) is 0 Å². The highest BCUT2D eigenvalue weighted by Crippen LogP contribution is 2.36. The van der Waals surface area contributed by atoms with E-state index in [0.717, 1.165) is 45.3 Å². The summed E-state index contributed by atoms with van der Waals surface area (Å²) >= 11 is 0. The molecule has 0 unspecified atom stereocenters. The van der Waals surface area contributed by atoms with E-state index in [4.69, 9.17) is 0 Å². The molecule has 0 aliphatic rings. The van der Waals surface area contributed by atoms with Gasteiger partial charge in [-0.25, -0.2) is 0 Å². The van der Waals surface area contributed by atoms with E-state index in [2.05, 4.69) is 233 Å². The average molecular weight is 701 g/mol. The first kappa shape index (κ1) is 36.0. The van der Waals surface area contributed by atoms with Crippen LogP contribution >= 0.6 is 0 Å². The predicted octanol–water partition coefficient (Wildman–Crippen LogP) is 14.8. The van der Waals surface area contributed by atoms with Gasteiger partial charge in [-0.15, -0.1) is 0 Å². The van der Waals surface area contributed by atoms with Crippen molar-refractivity contribution in [3.63, 3.8) is 0 Å². The summed E-state index contributed by atoms with van der Waals surface area (Å²) in [7, 11) is 0. The van der Waals surface area contributed by atoms with E-state index in [1.54, 1.807) is 0 Å². The molecule has 2 heteroatoms. The van der Waals surface area contributed by atoms with E-state index in [1.807, 2.05) is 0 Å². The molecule has 0 fully saturated rings. The molecule has 0 aliphatic heterocycles. The van der Waals surface area contributed by atoms with E-state index in [1.165, 1.54) is 44.5 Å². The van der Waals surface area contributed by atoms with Crippen molar-refractivity contribution < 1.29 is 0 Å². The third-order valence-corrected chi connectivity index (χ3v) is 10.0. The number of hydrogen-bond donors (Lipinski definition) is 0. The van der Waals surface area contributed by atoms with Crippen molar-refractivity contribution in [2.45, 2.75) is 41.5 Å². The normalized spacial score (nSPS) is 11.4. The van der Waals surface area contributed by atoms with Gasteiger partial charge in [0.2, 0.25) is 0 Å². The minimum absolute atomic E-state index is 1.13. The van der Waals surface area contributed by atoms with Crippen LogP contribution in [0.15, 0.2) is 158 Å². The Morgan fingerprint density at radius 2 is 0.519 bits per heavy atom. The second-order valence-corrected chi connectivity index (χ2v) is 14.4. The Hall–Kier alpha value is -6.38. The highest BCUT2D eigenvalue weighted by atomic mass is 15.1. The fourth-order valence-electron chi connectivity index (χ4n) is 6.76. The fourth-order valence-corrected chi connectivity index (χ4v) is 6.76. The first-order valence-electron chi connectivity index (χ1n) is 18.7. The largest absolute Gasteiger partial charge is 0.311 e. The predicted molar refractivity (Wildman–Crippen MR) is 235 cm³/mol. The van der Waals surface area contributed by atoms with Gasteiger partial charge in [0.1, 0.15) is 0 Å². The summed E-state index contributed by atoms with van der Waals surface area (Å²) < 4.78 is 0. The molecule has 0 N–H and O–H groups in total. The SMILES string of the molecule is Cc1ccc(N(c2ccc(C)cc2)c2ccc(/C=C/c3cc(/C=C/c4ccc(N(c5ccc(C)cc5)c5ccc(C)cc5)cc4)c(C)cc3C)cc2)cc1. The van der Waals surface area contributed by atoms with Crippen LogP contribution < -0.4 is 9.80 Å². The van der Waals surface area contributed by atoms with Crippen LogP contribution in [0.1, 0.15) is 55.6 Å². The molecule has 2 nitrogen and oxygen atoms in total. The van der Waals surface area contributed by atoms with E-state index in [-0.39, 0.29) is 0 Å². The Morgan fingerprint density at radius 1 is 0.278 bits per heavy atom. The molecule has 0 atom stereocenters. The zero-order chi connectivity index (χ0) is 37.6. The highest BCUT2D eigenvalue weighted by Gasteiger charge is 2.14. The Balaban J connectivity index is 1.10. The average Bonchev–Trinajstić information content (AvgIpc) is 3.18. The molecular formula is C52H48N2. The van der Waals surface area contributed by atoms with Gasteiger partial charge >= 0.3 is 0 Å². The zero-order valence-electron chi connectivity index (χ0n) is 32.2. The second-order valence-electron chi connectivity index (χ2n) is 14.4. The highest BCUT2D eigenvalue weighted by molar-refractivity contribution is 5.81. The third kappa shape index (κ3) is 8.46. The minimum Gasteiger partial charge on any atom is -0.311 e. The number of aryl methyl sites for hydroxylation is 6. The van der Waals surface area contributed by atoms with Gasteiger partial charge in [-0.05, 0) is 154 Å². The topological polar surface area (TPSA) is 6.48 Å². The van der Waals surface area contributed by atoms with Gasteiger partial charge in [-0.1, -0.05) is 125 Å². The molecule has 0 saturated carbocycles. The van der Waals surface area contributed by atoms with Crippen LogP contribution in [-0.4, -0.2) is 0 Å². The molecule has 7 aromatic carbocycles. The molecule has 0 spiro atoms. The summed E-state index contributed by atoms with van der Waals surface area (Å²) in [6, 6.07) is 57.1. The van der Waals surface area contributed by atoms with Crippen LogP contribution in [-0.2, 0) is 0 Å². The van der Waals surface area contributed by atoms with Crippen molar-refractivity contribution in [3.05, 3.63) is 213 Å². The first-order chi connectivity index (χ1) is 26.2. The van der Waals surface area contributed by atoms with Gasteiger partial charge < -0.3 is 9.80 Å². The minimum atomic E-state index is 1.13. The molecule has 0 aliphatic carbocycles. The number of benzene rings is 7. The van der Waals surface area contributed by atoms with E-state index in [9.17, 15) is 0 Å². The van der Waals surface area contributed by atoms with Crippen molar-refractivity contribution in [2.24, 2.45) is 0 Å². The zero-order valence-corrected chi connectivity index (χ0v) is 32.2. The maximum atomic E-state index is 2.31. The molecule has 7 aromatic rings. The Kier molecular flexibility index (Phi) is 10.7. The Bertz CT molecular complexity index is 2120. The fraction of sp³-hybridized carbons (Fsp3) is 0.115. The summed E-state index contributed by atoms with van der Waals surface area (Å²) in [6.07, 6.45) is 8.89. The Labute approximate surface area is 322 Å². The van der Waals surface area contributed by atoms with Gasteiger partial charge in [0.05, 0.1) is 0 Å². The number of nitrogens with zero attached hydrogens (tertiary/aromatic N) is 2. The van der Waals surface area contributed by atoms with Crippen molar-refractivity contribution in [1.29, 1.82) is 0 Å². The van der Waals surface area contributed by atoms with Gasteiger partial charge in [-0.2, -0.15) is 0 Å². The first-order valence-corrected chi connectivity index (χ1v) is 18.7. The molecule has 0 radical (unpaired) electrons. The van der Waals surface area contributed by atoms with Gasteiger partial charge in [0, 0.05) is 34.1 Å². The molecule has 0 bridgehead atoms. The van der Waals surface area contributed by atoms with Crippen molar-refractivity contribution in [2.75, 3.05) is 9.80 Å². The van der Waals surface area contributed by atoms with Crippen LogP contribution in [0.3, 0.4) is 0 Å². The van der Waals surface area contributed by atoms with Crippen molar-refractivity contribution >= 4 is 58.4 Å². The smallest absolute Gasteiger partial charge is 0.0462 e. The van der Waals surface area contributed by atoms with Crippen LogP contribution in [0.2, 0.25) is 0 Å². The summed E-state index contributed by atoms with van der Waals surface area (Å²) in [5.74, 6) is 0. The molecule has 0 heterocycles. The van der Waals surface area contributed by atoms with E-state index < -0.39 is 0 Å². The molecular weight excluding hydrogens is 653 g/mol. The van der Waals surface area contributed by atoms with Crippen molar-refractivity contribution in [1.82, 2.24) is 0 Å². The molecule has 0 aromatic heterocycles. The summed E-state index contributed by atoms with van der Waals surface area (Å²) in [5, 5.41) is 0. The summed E-state index contributed by atoms with van der Waals surface area (Å²) in [4.78, 5) is 4.62. The lowest BCUT2D eigenvalue weighted by Crippen LogP contribution is -2.09. The number of hydrogen-bond acceptors (Lipinski definition) is 2. The lowest BCUT2D eigenvalue weighted by atomic mass is 9.98. The second kappa shape index (κ2) is 16.1. The van der Waals surface area contributed by atoms with Crippen LogP contribution in [0, 0.1) is 41.5 Å². The van der Waals surface area contributed by atoms with Crippen molar-refractivity contribution in [3.8, 4) is 0 Å². The quantitative estimate of drug-likeness (QED) is 0.131. The lowest BCUT2D eigenvalue weighted by molar-refractivity contribution is 1.27.